The van der Waals surface area contributed by atoms with Crippen molar-refractivity contribution in [2.75, 3.05) is 19.7 Å². The minimum atomic E-state index is 0.0119. The van der Waals surface area contributed by atoms with Gasteiger partial charge in [0.2, 0.25) is 5.91 Å². The van der Waals surface area contributed by atoms with Crippen LogP contribution >= 0.6 is 0 Å². The number of carbonyl (C=O) groups is 1. The van der Waals surface area contributed by atoms with E-state index in [9.17, 15) is 9.90 Å². The Morgan fingerprint density at radius 2 is 2.00 bits per heavy atom. The van der Waals surface area contributed by atoms with E-state index in [0.29, 0.717) is 18.4 Å². The summed E-state index contributed by atoms with van der Waals surface area (Å²) in [5.74, 6) is 2.96. The van der Waals surface area contributed by atoms with Crippen molar-refractivity contribution in [1.29, 1.82) is 0 Å². The Morgan fingerprint density at radius 1 is 1.26 bits per heavy atom. The highest BCUT2D eigenvalue weighted by atomic mass is 16.3. The molecule has 2 aliphatic rings. The third-order valence-electron chi connectivity index (χ3n) is 5.87. The van der Waals surface area contributed by atoms with E-state index in [1.165, 1.54) is 19.3 Å². The summed E-state index contributed by atoms with van der Waals surface area (Å²) in [6.45, 7) is 3.59. The molecule has 1 aromatic carbocycles. The van der Waals surface area contributed by atoms with Crippen LogP contribution in [-0.2, 0) is 4.79 Å². The van der Waals surface area contributed by atoms with Gasteiger partial charge in [0.25, 0.3) is 0 Å². The van der Waals surface area contributed by atoms with Crippen molar-refractivity contribution in [3.8, 4) is 0 Å². The predicted octanol–water partition coefficient (Wildman–Crippen LogP) is 3.20. The van der Waals surface area contributed by atoms with Crippen molar-refractivity contribution in [3.63, 3.8) is 0 Å². The summed E-state index contributed by atoms with van der Waals surface area (Å²) >= 11 is 0. The molecule has 1 N–H and O–H groups in total. The molecule has 1 amide bonds. The number of rotatable bonds is 6. The van der Waals surface area contributed by atoms with E-state index in [1.807, 2.05) is 41.3 Å². The Kier molecular flexibility index (Phi) is 5.16. The van der Waals surface area contributed by atoms with Crippen molar-refractivity contribution in [1.82, 2.24) is 4.90 Å². The topological polar surface area (TPSA) is 40.5 Å². The van der Waals surface area contributed by atoms with Crippen LogP contribution < -0.4 is 0 Å². The fourth-order valence-corrected chi connectivity index (χ4v) is 4.52. The molecule has 2 saturated carbocycles. The second-order valence-corrected chi connectivity index (χ2v) is 7.11. The lowest BCUT2D eigenvalue weighted by Gasteiger charge is -2.33. The van der Waals surface area contributed by atoms with Gasteiger partial charge in [0, 0.05) is 19.2 Å². The molecule has 2 fully saturated rings. The second-order valence-electron chi connectivity index (χ2n) is 7.11. The lowest BCUT2D eigenvalue weighted by molar-refractivity contribution is -0.127. The number of carbonyl (C=O) groups excluding carboxylic acids is 1. The Bertz CT molecular complexity index is 552. The molecule has 3 nitrogen and oxygen atoms in total. The van der Waals surface area contributed by atoms with Crippen LogP contribution in [0.4, 0.5) is 0 Å². The van der Waals surface area contributed by atoms with Crippen LogP contribution in [0.2, 0.25) is 0 Å². The zero-order valence-corrected chi connectivity index (χ0v) is 13.9. The number of hydrogen-bond donors (Lipinski definition) is 1. The number of amides is 1. The monoisotopic (exact) mass is 313 g/mol. The van der Waals surface area contributed by atoms with Crippen LogP contribution in [-0.4, -0.2) is 35.6 Å². The van der Waals surface area contributed by atoms with Gasteiger partial charge in [-0.3, -0.25) is 4.79 Å². The van der Waals surface area contributed by atoms with Gasteiger partial charge in [0.05, 0.1) is 6.61 Å². The van der Waals surface area contributed by atoms with Gasteiger partial charge >= 0.3 is 0 Å². The minimum Gasteiger partial charge on any atom is -0.395 e. The third-order valence-corrected chi connectivity index (χ3v) is 5.87. The number of benzene rings is 1. The SMILES string of the molecule is CC1C2CCC(C2)C1CN(CCO)C(=O)C=Cc1ccccc1. The molecule has 4 atom stereocenters. The van der Waals surface area contributed by atoms with E-state index < -0.39 is 0 Å². The van der Waals surface area contributed by atoms with Gasteiger partial charge in [-0.1, -0.05) is 37.3 Å². The minimum absolute atomic E-state index is 0.0119. The van der Waals surface area contributed by atoms with Gasteiger partial charge in [-0.05, 0) is 54.6 Å². The summed E-state index contributed by atoms with van der Waals surface area (Å²) in [5, 5.41) is 9.32. The van der Waals surface area contributed by atoms with Crippen LogP contribution in [0.3, 0.4) is 0 Å². The average Bonchev–Trinajstić information content (AvgIpc) is 3.16. The maximum Gasteiger partial charge on any atom is 0.246 e. The van der Waals surface area contributed by atoms with E-state index >= 15 is 0 Å². The normalized spacial score (nSPS) is 29.3. The van der Waals surface area contributed by atoms with Crippen LogP contribution in [0, 0.1) is 23.7 Å². The average molecular weight is 313 g/mol. The fraction of sp³-hybridized carbons (Fsp3) is 0.550. The summed E-state index contributed by atoms with van der Waals surface area (Å²) in [5.41, 5.74) is 1.03. The van der Waals surface area contributed by atoms with Gasteiger partial charge in [-0.2, -0.15) is 0 Å². The molecule has 3 heteroatoms. The summed E-state index contributed by atoms with van der Waals surface area (Å²) in [7, 11) is 0. The van der Waals surface area contributed by atoms with E-state index in [0.717, 1.165) is 23.9 Å². The zero-order chi connectivity index (χ0) is 16.2. The number of hydrogen-bond acceptors (Lipinski definition) is 2. The molecule has 1 aromatic rings. The number of nitrogens with zero attached hydrogens (tertiary/aromatic N) is 1. The van der Waals surface area contributed by atoms with Crippen molar-refractivity contribution in [2.45, 2.75) is 26.2 Å². The van der Waals surface area contributed by atoms with Gasteiger partial charge in [0.15, 0.2) is 0 Å². The molecular weight excluding hydrogens is 286 g/mol. The summed E-state index contributed by atoms with van der Waals surface area (Å²) < 4.78 is 0. The highest BCUT2D eigenvalue weighted by molar-refractivity contribution is 5.91. The maximum absolute atomic E-state index is 12.5. The third kappa shape index (κ3) is 3.66. The van der Waals surface area contributed by atoms with E-state index in [-0.39, 0.29) is 12.5 Å². The van der Waals surface area contributed by atoms with Crippen LogP contribution in [0.1, 0.15) is 31.7 Å². The van der Waals surface area contributed by atoms with Gasteiger partial charge in [0.1, 0.15) is 0 Å². The first-order chi connectivity index (χ1) is 11.2. The summed E-state index contributed by atoms with van der Waals surface area (Å²) in [6, 6.07) is 9.86. The van der Waals surface area contributed by atoms with E-state index in [4.69, 9.17) is 0 Å². The molecule has 3 rings (SSSR count). The number of aliphatic hydroxyl groups is 1. The van der Waals surface area contributed by atoms with Crippen molar-refractivity contribution >= 4 is 12.0 Å². The van der Waals surface area contributed by atoms with Crippen molar-refractivity contribution < 1.29 is 9.90 Å². The highest BCUT2D eigenvalue weighted by Crippen LogP contribution is 2.52. The van der Waals surface area contributed by atoms with Gasteiger partial charge in [-0.15, -0.1) is 0 Å². The number of aliphatic hydroxyl groups excluding tert-OH is 1. The molecule has 0 spiro atoms. The first-order valence-corrected chi connectivity index (χ1v) is 8.82. The Labute approximate surface area is 139 Å². The molecule has 0 saturated heterocycles. The van der Waals surface area contributed by atoms with Crippen molar-refractivity contribution in [2.24, 2.45) is 23.7 Å². The molecular formula is C20H27NO2. The van der Waals surface area contributed by atoms with Crippen LogP contribution in [0.5, 0.6) is 0 Å². The molecule has 0 heterocycles. The quantitative estimate of drug-likeness (QED) is 0.819. The molecule has 124 valence electrons. The largest absolute Gasteiger partial charge is 0.395 e. The number of fused-ring (bicyclic) bond motifs is 2. The Morgan fingerprint density at radius 3 is 2.65 bits per heavy atom. The first-order valence-electron chi connectivity index (χ1n) is 8.82. The highest BCUT2D eigenvalue weighted by Gasteiger charge is 2.45. The summed E-state index contributed by atoms with van der Waals surface area (Å²) in [6.07, 6.45) is 7.53. The Balaban J connectivity index is 1.64. The predicted molar refractivity (Wildman–Crippen MR) is 92.6 cm³/mol. The van der Waals surface area contributed by atoms with Crippen LogP contribution in [0.15, 0.2) is 36.4 Å². The smallest absolute Gasteiger partial charge is 0.246 e. The molecule has 4 unspecified atom stereocenters. The lowest BCUT2D eigenvalue weighted by atomic mass is 9.80. The molecule has 2 aliphatic carbocycles. The second kappa shape index (κ2) is 7.31. The first kappa shape index (κ1) is 16.3. The van der Waals surface area contributed by atoms with Gasteiger partial charge in [-0.25, -0.2) is 0 Å². The fourth-order valence-electron chi connectivity index (χ4n) is 4.52. The molecule has 0 aromatic heterocycles. The maximum atomic E-state index is 12.5. The standard InChI is InChI=1S/C20H27NO2/c1-15-17-8-9-18(13-17)19(15)14-21(11-12-22)20(23)10-7-16-5-3-2-4-6-16/h2-7,10,15,17-19,22H,8-9,11-14H2,1H3. The zero-order valence-electron chi connectivity index (χ0n) is 13.9. The molecule has 0 radical (unpaired) electrons. The molecule has 0 aliphatic heterocycles. The molecule has 23 heavy (non-hydrogen) atoms. The van der Waals surface area contributed by atoms with E-state index in [1.54, 1.807) is 6.08 Å². The van der Waals surface area contributed by atoms with E-state index in [2.05, 4.69) is 6.92 Å². The molecule has 2 bridgehead atoms. The Hall–Kier alpha value is -1.61. The van der Waals surface area contributed by atoms with Gasteiger partial charge < -0.3 is 10.0 Å². The van der Waals surface area contributed by atoms with Crippen molar-refractivity contribution in [3.05, 3.63) is 42.0 Å². The van der Waals surface area contributed by atoms with Crippen LogP contribution in [0.25, 0.3) is 6.08 Å². The summed E-state index contributed by atoms with van der Waals surface area (Å²) in [4.78, 5) is 14.4. The lowest BCUT2D eigenvalue weighted by Crippen LogP contribution is -2.39.